The molecule has 7 heteroatoms. The fraction of sp³-hybridized carbons (Fsp3) is 0.423. The fourth-order valence-electron chi connectivity index (χ4n) is 5.04. The second kappa shape index (κ2) is 9.25. The van der Waals surface area contributed by atoms with Crippen molar-refractivity contribution in [2.45, 2.75) is 57.5 Å². The lowest BCUT2D eigenvalue weighted by Crippen LogP contribution is -2.57. The Balaban J connectivity index is 1.43. The number of nitrogens with one attached hydrogen (secondary N) is 2. The van der Waals surface area contributed by atoms with Gasteiger partial charge >= 0.3 is 12.1 Å². The van der Waals surface area contributed by atoms with Gasteiger partial charge in [0.05, 0.1) is 5.41 Å². The third kappa shape index (κ3) is 4.45. The summed E-state index contributed by atoms with van der Waals surface area (Å²) in [6.07, 6.45) is 2.36. The van der Waals surface area contributed by atoms with E-state index < -0.39 is 29.6 Å². The number of hydrogen-bond acceptors (Lipinski definition) is 4. The minimum Gasteiger partial charge on any atom is -0.480 e. The Morgan fingerprint density at radius 2 is 1.67 bits per heavy atom. The quantitative estimate of drug-likeness (QED) is 0.616. The van der Waals surface area contributed by atoms with Gasteiger partial charge in [0.2, 0.25) is 5.91 Å². The molecule has 2 aromatic carbocycles. The lowest BCUT2D eigenvalue weighted by molar-refractivity contribution is -0.144. The normalized spacial score (nSPS) is 22.5. The Labute approximate surface area is 193 Å². The molecule has 4 rings (SSSR count). The van der Waals surface area contributed by atoms with Gasteiger partial charge in [-0.2, -0.15) is 0 Å². The number of carboxylic acids is 1. The SMILES string of the molecule is C[C@H](NC(=O)C1(C)CCCCC1NC(=O)OCC1c2ccccc2-c2ccccc21)C(=O)O. The van der Waals surface area contributed by atoms with E-state index in [1.807, 2.05) is 24.3 Å². The number of ether oxygens (including phenoxy) is 1. The van der Waals surface area contributed by atoms with Crippen molar-refractivity contribution in [2.75, 3.05) is 6.61 Å². The fourth-order valence-corrected chi connectivity index (χ4v) is 5.04. The first-order chi connectivity index (χ1) is 15.8. The van der Waals surface area contributed by atoms with Crippen LogP contribution in [0.25, 0.3) is 11.1 Å². The van der Waals surface area contributed by atoms with Crippen molar-refractivity contribution in [2.24, 2.45) is 5.41 Å². The maximum absolute atomic E-state index is 12.9. The molecule has 0 aliphatic heterocycles. The molecule has 0 bridgehead atoms. The maximum Gasteiger partial charge on any atom is 0.407 e. The lowest BCUT2D eigenvalue weighted by Gasteiger charge is -2.40. The highest BCUT2D eigenvalue weighted by Crippen LogP contribution is 2.44. The zero-order valence-corrected chi connectivity index (χ0v) is 19.0. The van der Waals surface area contributed by atoms with Gasteiger partial charge in [-0.3, -0.25) is 9.59 Å². The van der Waals surface area contributed by atoms with Crippen LogP contribution in [0.3, 0.4) is 0 Å². The smallest absolute Gasteiger partial charge is 0.407 e. The molecule has 0 saturated heterocycles. The van der Waals surface area contributed by atoms with Crippen molar-refractivity contribution < 1.29 is 24.2 Å². The number of benzene rings is 2. The van der Waals surface area contributed by atoms with Gasteiger partial charge < -0.3 is 20.5 Å². The number of carbonyl (C=O) groups is 3. The highest BCUT2D eigenvalue weighted by Gasteiger charge is 2.44. The van der Waals surface area contributed by atoms with Crippen molar-refractivity contribution in [1.29, 1.82) is 0 Å². The minimum atomic E-state index is -1.09. The zero-order chi connectivity index (χ0) is 23.6. The summed E-state index contributed by atoms with van der Waals surface area (Å²) in [5.74, 6) is -1.49. The third-order valence-corrected chi connectivity index (χ3v) is 7.08. The van der Waals surface area contributed by atoms with E-state index in [1.54, 1.807) is 6.92 Å². The molecule has 2 aliphatic carbocycles. The summed E-state index contributed by atoms with van der Waals surface area (Å²) < 4.78 is 5.66. The highest BCUT2D eigenvalue weighted by atomic mass is 16.5. The van der Waals surface area contributed by atoms with Gasteiger partial charge in [0.1, 0.15) is 12.6 Å². The van der Waals surface area contributed by atoms with Crippen molar-refractivity contribution in [3.8, 4) is 11.1 Å². The van der Waals surface area contributed by atoms with Crippen LogP contribution in [0.2, 0.25) is 0 Å². The van der Waals surface area contributed by atoms with Crippen LogP contribution in [0.15, 0.2) is 48.5 Å². The average Bonchev–Trinajstić information content (AvgIpc) is 3.13. The Bertz CT molecular complexity index is 1020. The molecule has 1 saturated carbocycles. The van der Waals surface area contributed by atoms with Crippen molar-refractivity contribution >= 4 is 18.0 Å². The van der Waals surface area contributed by atoms with Crippen LogP contribution < -0.4 is 10.6 Å². The van der Waals surface area contributed by atoms with Gasteiger partial charge in [-0.05, 0) is 48.9 Å². The summed E-state index contributed by atoms with van der Waals surface area (Å²) in [6, 6.07) is 14.9. The van der Waals surface area contributed by atoms with Crippen LogP contribution in [0.5, 0.6) is 0 Å². The molecule has 0 heterocycles. The van der Waals surface area contributed by atoms with E-state index >= 15 is 0 Å². The molecule has 33 heavy (non-hydrogen) atoms. The molecule has 2 amide bonds. The number of hydrogen-bond donors (Lipinski definition) is 3. The number of aliphatic carboxylic acids is 1. The van der Waals surface area contributed by atoms with Gasteiger partial charge in [-0.15, -0.1) is 0 Å². The van der Waals surface area contributed by atoms with Gasteiger partial charge in [-0.1, -0.05) is 61.4 Å². The number of carbonyl (C=O) groups excluding carboxylic acids is 2. The number of fused-ring (bicyclic) bond motifs is 3. The summed E-state index contributed by atoms with van der Waals surface area (Å²) in [4.78, 5) is 36.8. The predicted molar refractivity (Wildman–Crippen MR) is 124 cm³/mol. The van der Waals surface area contributed by atoms with Crippen LogP contribution in [-0.2, 0) is 14.3 Å². The number of alkyl carbamates (subject to hydrolysis) is 1. The third-order valence-electron chi connectivity index (χ3n) is 7.08. The zero-order valence-electron chi connectivity index (χ0n) is 19.0. The summed E-state index contributed by atoms with van der Waals surface area (Å²) in [7, 11) is 0. The molecule has 2 aromatic rings. The van der Waals surface area contributed by atoms with Crippen LogP contribution in [0, 0.1) is 5.41 Å². The van der Waals surface area contributed by atoms with Gasteiger partial charge in [-0.25, -0.2) is 4.79 Å². The molecule has 0 aromatic heterocycles. The molecule has 3 atom stereocenters. The molecule has 3 N–H and O–H groups in total. The Morgan fingerprint density at radius 1 is 1.06 bits per heavy atom. The standard InChI is InChI=1S/C26H30N2O5/c1-16(23(29)30)27-24(31)26(2)14-8-7-13-22(26)28-25(32)33-15-21-19-11-5-3-9-17(19)18-10-4-6-12-20(18)21/h3-6,9-12,16,21-22H,7-8,13-15H2,1-2H3,(H,27,31)(H,28,32)(H,29,30)/t16-,22?,26?/m0/s1. The van der Waals surface area contributed by atoms with Crippen LogP contribution in [0.1, 0.15) is 56.6 Å². The predicted octanol–water partition coefficient (Wildman–Crippen LogP) is 4.06. The van der Waals surface area contributed by atoms with E-state index in [-0.39, 0.29) is 18.4 Å². The highest BCUT2D eigenvalue weighted by molar-refractivity contribution is 5.88. The Morgan fingerprint density at radius 3 is 2.27 bits per heavy atom. The molecular weight excluding hydrogens is 420 g/mol. The second-order valence-electron chi connectivity index (χ2n) is 9.22. The first kappa shape index (κ1) is 22.8. The van der Waals surface area contributed by atoms with Crippen molar-refractivity contribution in [3.05, 3.63) is 59.7 Å². The van der Waals surface area contributed by atoms with Gasteiger partial charge in [0.25, 0.3) is 0 Å². The molecule has 7 nitrogen and oxygen atoms in total. The first-order valence-corrected chi connectivity index (χ1v) is 11.5. The topological polar surface area (TPSA) is 105 Å². The van der Waals surface area contributed by atoms with Crippen molar-refractivity contribution in [3.63, 3.8) is 0 Å². The number of rotatable bonds is 6. The monoisotopic (exact) mass is 450 g/mol. The molecule has 0 radical (unpaired) electrons. The maximum atomic E-state index is 12.9. The lowest BCUT2D eigenvalue weighted by atomic mass is 9.71. The van der Waals surface area contributed by atoms with Gasteiger partial charge in [0, 0.05) is 12.0 Å². The van der Waals surface area contributed by atoms with E-state index in [4.69, 9.17) is 9.84 Å². The average molecular weight is 451 g/mol. The van der Waals surface area contributed by atoms with E-state index in [0.29, 0.717) is 12.8 Å². The summed E-state index contributed by atoms with van der Waals surface area (Å²) in [5.41, 5.74) is 3.69. The van der Waals surface area contributed by atoms with E-state index in [0.717, 1.165) is 35.1 Å². The molecule has 0 spiro atoms. The largest absolute Gasteiger partial charge is 0.480 e. The molecule has 174 valence electrons. The summed E-state index contributed by atoms with van der Waals surface area (Å²) in [5, 5.41) is 14.6. The summed E-state index contributed by atoms with van der Waals surface area (Å²) in [6.45, 7) is 3.41. The first-order valence-electron chi connectivity index (χ1n) is 11.5. The van der Waals surface area contributed by atoms with Crippen LogP contribution >= 0.6 is 0 Å². The number of carboxylic acid groups (broad SMARTS) is 1. The minimum absolute atomic E-state index is 0.0411. The van der Waals surface area contributed by atoms with Gasteiger partial charge in [0.15, 0.2) is 0 Å². The van der Waals surface area contributed by atoms with E-state index in [2.05, 4.69) is 34.9 Å². The van der Waals surface area contributed by atoms with Crippen molar-refractivity contribution in [1.82, 2.24) is 10.6 Å². The van der Waals surface area contributed by atoms with Crippen LogP contribution in [-0.4, -0.2) is 41.8 Å². The number of amides is 2. The molecular formula is C26H30N2O5. The molecule has 2 unspecified atom stereocenters. The van der Waals surface area contributed by atoms with E-state index in [9.17, 15) is 14.4 Å². The van der Waals surface area contributed by atoms with E-state index in [1.165, 1.54) is 6.92 Å². The molecule has 2 aliphatic rings. The Kier molecular flexibility index (Phi) is 6.40. The second-order valence-corrected chi connectivity index (χ2v) is 9.22. The summed E-state index contributed by atoms with van der Waals surface area (Å²) >= 11 is 0. The molecule has 1 fully saturated rings. The Hall–Kier alpha value is -3.35. The van der Waals surface area contributed by atoms with Crippen LogP contribution in [0.4, 0.5) is 4.79 Å².